The number of hydrogen-bond donors (Lipinski definition) is 0. The van der Waals surface area contributed by atoms with Crippen molar-refractivity contribution in [3.05, 3.63) is 48.0 Å². The van der Waals surface area contributed by atoms with E-state index in [-0.39, 0.29) is 0 Å². The highest BCUT2D eigenvalue weighted by Gasteiger charge is 2.15. The van der Waals surface area contributed by atoms with Gasteiger partial charge in [-0.1, -0.05) is 25.1 Å². The van der Waals surface area contributed by atoms with Crippen LogP contribution in [-0.4, -0.2) is 70.0 Å². The smallest absolute Gasteiger partial charge is 0.161 e. The van der Waals surface area contributed by atoms with Crippen LogP contribution < -0.4 is 18.9 Å². The number of nitrogens with zero attached hydrogens (tertiary/aromatic N) is 2. The fraction of sp³-hybridized carbons (Fsp3) is 0.571. The van der Waals surface area contributed by atoms with Crippen molar-refractivity contribution >= 4 is 0 Å². The maximum atomic E-state index is 6.06. The minimum Gasteiger partial charge on any atom is -0.493 e. The van der Waals surface area contributed by atoms with E-state index in [4.69, 9.17) is 18.9 Å². The lowest BCUT2D eigenvalue weighted by Gasteiger charge is -2.30. The third kappa shape index (κ3) is 8.41. The van der Waals surface area contributed by atoms with Gasteiger partial charge >= 0.3 is 0 Å². The average molecular weight is 471 g/mol. The van der Waals surface area contributed by atoms with Gasteiger partial charge in [-0.3, -0.25) is 4.90 Å². The van der Waals surface area contributed by atoms with Crippen LogP contribution in [0.3, 0.4) is 0 Å². The first-order valence-corrected chi connectivity index (χ1v) is 12.6. The molecule has 1 heterocycles. The van der Waals surface area contributed by atoms with Gasteiger partial charge in [-0.2, -0.15) is 0 Å². The Morgan fingerprint density at radius 1 is 0.912 bits per heavy atom. The minimum atomic E-state index is 0.633. The van der Waals surface area contributed by atoms with Crippen molar-refractivity contribution in [2.45, 2.75) is 39.7 Å². The first-order valence-electron chi connectivity index (χ1n) is 12.6. The molecule has 0 aromatic heterocycles. The number of methoxy groups -OCH3 is 1. The Balaban J connectivity index is 1.39. The minimum absolute atomic E-state index is 0.633. The molecule has 0 saturated carbocycles. The monoisotopic (exact) mass is 470 g/mol. The van der Waals surface area contributed by atoms with Crippen LogP contribution in [0.1, 0.15) is 38.7 Å². The molecule has 0 N–H and O–H groups in total. The molecule has 2 aromatic carbocycles. The highest BCUT2D eigenvalue weighted by molar-refractivity contribution is 5.43. The van der Waals surface area contributed by atoms with E-state index in [2.05, 4.69) is 35.9 Å². The van der Waals surface area contributed by atoms with Crippen LogP contribution >= 0.6 is 0 Å². The van der Waals surface area contributed by atoms with Crippen LogP contribution in [0.25, 0.3) is 0 Å². The fourth-order valence-electron chi connectivity index (χ4n) is 4.25. The normalized spacial score (nSPS) is 14.9. The summed E-state index contributed by atoms with van der Waals surface area (Å²) in [5.74, 6) is 4.09. The van der Waals surface area contributed by atoms with Crippen LogP contribution in [0, 0.1) is 5.92 Å². The van der Waals surface area contributed by atoms with Gasteiger partial charge in [0.2, 0.25) is 0 Å². The summed E-state index contributed by atoms with van der Waals surface area (Å²) in [6.07, 6.45) is 3.51. The Labute approximate surface area is 205 Å². The number of benzene rings is 2. The van der Waals surface area contributed by atoms with Crippen LogP contribution in [0.15, 0.2) is 42.5 Å². The molecule has 34 heavy (non-hydrogen) atoms. The summed E-state index contributed by atoms with van der Waals surface area (Å²) in [6.45, 7) is 11.4. The van der Waals surface area contributed by atoms with E-state index in [0.29, 0.717) is 19.8 Å². The number of hydrogen-bond acceptors (Lipinski definition) is 6. The summed E-state index contributed by atoms with van der Waals surface area (Å²) in [5, 5.41) is 0. The Morgan fingerprint density at radius 2 is 1.59 bits per heavy atom. The zero-order valence-corrected chi connectivity index (χ0v) is 21.4. The Bertz CT molecular complexity index is 852. The zero-order valence-electron chi connectivity index (χ0n) is 21.4. The SMILES string of the molecule is CCOc1ccccc1OCCCN(C)Cc1ccc(OCCN2CCC(C)CC2)c(OC)c1. The van der Waals surface area contributed by atoms with Gasteiger partial charge < -0.3 is 23.8 Å². The van der Waals surface area contributed by atoms with Crippen molar-refractivity contribution < 1.29 is 18.9 Å². The van der Waals surface area contributed by atoms with E-state index >= 15 is 0 Å². The third-order valence-corrected chi connectivity index (χ3v) is 6.31. The number of para-hydroxylation sites is 2. The van der Waals surface area contributed by atoms with Gasteiger partial charge in [0.15, 0.2) is 23.0 Å². The van der Waals surface area contributed by atoms with Crippen molar-refractivity contribution in [3.8, 4) is 23.0 Å². The van der Waals surface area contributed by atoms with Gasteiger partial charge in [0, 0.05) is 19.6 Å². The van der Waals surface area contributed by atoms with E-state index < -0.39 is 0 Å². The molecule has 188 valence electrons. The second kappa shape index (κ2) is 14.1. The van der Waals surface area contributed by atoms with Crippen LogP contribution in [0.4, 0.5) is 0 Å². The van der Waals surface area contributed by atoms with Gasteiger partial charge in [-0.25, -0.2) is 0 Å². The number of rotatable bonds is 14. The van der Waals surface area contributed by atoms with Gasteiger partial charge in [-0.15, -0.1) is 0 Å². The molecule has 0 unspecified atom stereocenters. The van der Waals surface area contributed by atoms with E-state index in [1.165, 1.54) is 31.5 Å². The van der Waals surface area contributed by atoms with Crippen LogP contribution in [0.5, 0.6) is 23.0 Å². The molecule has 0 radical (unpaired) electrons. The maximum Gasteiger partial charge on any atom is 0.161 e. The van der Waals surface area contributed by atoms with E-state index in [1.54, 1.807) is 7.11 Å². The lowest BCUT2D eigenvalue weighted by Crippen LogP contribution is -2.35. The molecule has 3 rings (SSSR count). The van der Waals surface area contributed by atoms with Crippen LogP contribution in [-0.2, 0) is 6.54 Å². The molecule has 1 aliphatic heterocycles. The van der Waals surface area contributed by atoms with E-state index in [0.717, 1.165) is 55.0 Å². The Morgan fingerprint density at radius 3 is 2.29 bits per heavy atom. The van der Waals surface area contributed by atoms with E-state index in [9.17, 15) is 0 Å². The Kier molecular flexibility index (Phi) is 10.8. The standard InChI is InChI=1S/C28H42N2O4/c1-5-32-25-9-6-7-10-26(25)33-19-8-15-29(3)22-24-11-12-27(28(21-24)31-4)34-20-18-30-16-13-23(2)14-17-30/h6-7,9-12,21,23H,5,8,13-20,22H2,1-4H3. The lowest BCUT2D eigenvalue weighted by atomic mass is 9.99. The molecule has 2 aromatic rings. The molecular weight excluding hydrogens is 428 g/mol. The van der Waals surface area contributed by atoms with E-state index in [1.807, 2.05) is 37.3 Å². The molecule has 6 nitrogen and oxygen atoms in total. The molecule has 0 atom stereocenters. The second-order valence-electron chi connectivity index (χ2n) is 9.18. The fourth-order valence-corrected chi connectivity index (χ4v) is 4.25. The van der Waals surface area contributed by atoms with Gasteiger partial charge in [-0.05, 0) is 82.1 Å². The first-order chi connectivity index (χ1) is 16.6. The summed E-state index contributed by atoms with van der Waals surface area (Å²) < 4.78 is 23.2. The zero-order chi connectivity index (χ0) is 24.2. The maximum absolute atomic E-state index is 6.06. The molecule has 1 aliphatic rings. The molecule has 0 spiro atoms. The molecule has 0 aliphatic carbocycles. The second-order valence-corrected chi connectivity index (χ2v) is 9.18. The predicted octanol–water partition coefficient (Wildman–Crippen LogP) is 5.11. The van der Waals surface area contributed by atoms with Gasteiger partial charge in [0.25, 0.3) is 0 Å². The van der Waals surface area contributed by atoms with Crippen molar-refractivity contribution in [1.29, 1.82) is 0 Å². The lowest BCUT2D eigenvalue weighted by molar-refractivity contribution is 0.158. The molecule has 6 heteroatoms. The number of ether oxygens (including phenoxy) is 4. The highest BCUT2D eigenvalue weighted by Crippen LogP contribution is 2.29. The molecule has 1 fully saturated rings. The summed E-state index contributed by atoms with van der Waals surface area (Å²) in [4.78, 5) is 4.79. The van der Waals surface area contributed by atoms with Crippen molar-refractivity contribution in [3.63, 3.8) is 0 Å². The quantitative estimate of drug-likeness (QED) is 0.358. The predicted molar refractivity (Wildman–Crippen MR) is 137 cm³/mol. The summed E-state index contributed by atoms with van der Waals surface area (Å²) in [6, 6.07) is 14.1. The Hall–Kier alpha value is -2.44. The molecule has 0 bridgehead atoms. The molecule has 1 saturated heterocycles. The van der Waals surface area contributed by atoms with Crippen molar-refractivity contribution in [1.82, 2.24) is 9.80 Å². The molecule has 0 amide bonds. The number of piperidine rings is 1. The third-order valence-electron chi connectivity index (χ3n) is 6.31. The van der Waals surface area contributed by atoms with Gasteiger partial charge in [0.05, 0.1) is 20.3 Å². The summed E-state index contributed by atoms with van der Waals surface area (Å²) in [5.41, 5.74) is 1.21. The average Bonchev–Trinajstić information content (AvgIpc) is 2.85. The highest BCUT2D eigenvalue weighted by atomic mass is 16.5. The van der Waals surface area contributed by atoms with Gasteiger partial charge in [0.1, 0.15) is 6.61 Å². The largest absolute Gasteiger partial charge is 0.493 e. The first kappa shape index (κ1) is 26.2. The summed E-state index contributed by atoms with van der Waals surface area (Å²) >= 11 is 0. The summed E-state index contributed by atoms with van der Waals surface area (Å²) in [7, 11) is 3.84. The topological polar surface area (TPSA) is 43.4 Å². The number of likely N-dealkylation sites (tertiary alicyclic amines) is 1. The van der Waals surface area contributed by atoms with Crippen molar-refractivity contribution in [2.24, 2.45) is 5.92 Å². The van der Waals surface area contributed by atoms with Crippen LogP contribution in [0.2, 0.25) is 0 Å². The van der Waals surface area contributed by atoms with Crippen molar-refractivity contribution in [2.75, 3.05) is 60.2 Å². The molecular formula is C28H42N2O4.